The van der Waals surface area contributed by atoms with Crippen molar-refractivity contribution in [3.63, 3.8) is 0 Å². The van der Waals surface area contributed by atoms with E-state index in [-0.39, 0.29) is 18.4 Å². The van der Waals surface area contributed by atoms with Gasteiger partial charge in [-0.05, 0) is 72.5 Å². The highest BCUT2D eigenvalue weighted by atomic mass is 16.2. The van der Waals surface area contributed by atoms with E-state index in [1.165, 1.54) is 0 Å². The first-order valence-electron chi connectivity index (χ1n) is 10.8. The minimum absolute atomic E-state index is 0.0802. The summed E-state index contributed by atoms with van der Waals surface area (Å²) in [5.41, 5.74) is 4.34. The first-order valence-corrected chi connectivity index (χ1v) is 10.8. The Morgan fingerprint density at radius 1 is 1.03 bits per heavy atom. The summed E-state index contributed by atoms with van der Waals surface area (Å²) in [6.45, 7) is 6.03. The summed E-state index contributed by atoms with van der Waals surface area (Å²) in [5, 5.41) is 17.7. The zero-order valence-electron chi connectivity index (χ0n) is 18.3. The van der Waals surface area contributed by atoms with Crippen molar-refractivity contribution in [2.45, 2.75) is 33.2 Å². The molecule has 32 heavy (non-hydrogen) atoms. The van der Waals surface area contributed by atoms with Crippen LogP contribution >= 0.6 is 0 Å². The third-order valence-electron chi connectivity index (χ3n) is 5.60. The van der Waals surface area contributed by atoms with Crippen LogP contribution < -0.4 is 10.6 Å². The molecule has 0 aliphatic carbocycles. The SMILES string of the molecule is Cc1ccc(NCC(=O)NCc2ccc(C(=O)N3CCCC3)cc2)cc1-n1nnnc1C. The Morgan fingerprint density at radius 3 is 2.47 bits per heavy atom. The van der Waals surface area contributed by atoms with Crippen molar-refractivity contribution >= 4 is 17.5 Å². The quantitative estimate of drug-likeness (QED) is 0.592. The van der Waals surface area contributed by atoms with E-state index in [2.05, 4.69) is 26.2 Å². The van der Waals surface area contributed by atoms with E-state index in [1.807, 2.05) is 61.2 Å². The second-order valence-corrected chi connectivity index (χ2v) is 7.97. The maximum Gasteiger partial charge on any atom is 0.253 e. The van der Waals surface area contributed by atoms with Crippen LogP contribution in [0.15, 0.2) is 42.5 Å². The molecular formula is C23H27N7O2. The Morgan fingerprint density at radius 2 is 1.78 bits per heavy atom. The fraction of sp³-hybridized carbons (Fsp3) is 0.348. The Bertz CT molecular complexity index is 1100. The van der Waals surface area contributed by atoms with Crippen LogP contribution in [-0.4, -0.2) is 56.6 Å². The van der Waals surface area contributed by atoms with E-state index < -0.39 is 0 Å². The summed E-state index contributed by atoms with van der Waals surface area (Å²) in [5.74, 6) is 0.649. The topological polar surface area (TPSA) is 105 Å². The second-order valence-electron chi connectivity index (χ2n) is 7.97. The largest absolute Gasteiger partial charge is 0.376 e. The van der Waals surface area contributed by atoms with Gasteiger partial charge in [-0.15, -0.1) is 5.10 Å². The van der Waals surface area contributed by atoms with E-state index in [1.54, 1.807) is 4.68 Å². The normalized spacial score (nSPS) is 13.2. The molecule has 0 saturated carbocycles. The van der Waals surface area contributed by atoms with Gasteiger partial charge in [0.05, 0.1) is 12.2 Å². The van der Waals surface area contributed by atoms with E-state index in [0.717, 1.165) is 48.4 Å². The molecule has 2 heterocycles. The van der Waals surface area contributed by atoms with Crippen molar-refractivity contribution < 1.29 is 9.59 Å². The number of tetrazole rings is 1. The van der Waals surface area contributed by atoms with Gasteiger partial charge in [-0.1, -0.05) is 18.2 Å². The first-order chi connectivity index (χ1) is 15.5. The molecule has 1 saturated heterocycles. The lowest BCUT2D eigenvalue weighted by molar-refractivity contribution is -0.119. The zero-order chi connectivity index (χ0) is 22.5. The van der Waals surface area contributed by atoms with Crippen LogP contribution in [0.3, 0.4) is 0 Å². The standard InChI is InChI=1S/C23H27N7O2/c1-16-5-10-20(13-21(16)30-17(2)26-27-28-30)24-15-22(31)25-14-18-6-8-19(9-7-18)23(32)29-11-3-4-12-29/h5-10,13,24H,3-4,11-12,14-15H2,1-2H3,(H,25,31). The maximum atomic E-state index is 12.4. The fourth-order valence-corrected chi connectivity index (χ4v) is 3.72. The summed E-state index contributed by atoms with van der Waals surface area (Å²) in [6, 6.07) is 13.2. The lowest BCUT2D eigenvalue weighted by atomic mass is 10.1. The van der Waals surface area contributed by atoms with Gasteiger partial charge in [0.1, 0.15) is 0 Å². The number of anilines is 1. The van der Waals surface area contributed by atoms with E-state index in [0.29, 0.717) is 17.9 Å². The van der Waals surface area contributed by atoms with Crippen LogP contribution in [0, 0.1) is 13.8 Å². The Labute approximate surface area is 186 Å². The third kappa shape index (κ3) is 4.93. The average molecular weight is 434 g/mol. The van der Waals surface area contributed by atoms with Crippen molar-refractivity contribution in [1.29, 1.82) is 0 Å². The van der Waals surface area contributed by atoms with Crippen LogP contribution in [0.5, 0.6) is 0 Å². The summed E-state index contributed by atoms with van der Waals surface area (Å²) in [4.78, 5) is 26.6. The number of nitrogens with zero attached hydrogens (tertiary/aromatic N) is 5. The first kappa shape index (κ1) is 21.5. The van der Waals surface area contributed by atoms with Crippen molar-refractivity contribution in [2.75, 3.05) is 25.0 Å². The molecule has 3 aromatic rings. The van der Waals surface area contributed by atoms with Crippen molar-refractivity contribution in [3.8, 4) is 5.69 Å². The summed E-state index contributed by atoms with van der Waals surface area (Å²) < 4.78 is 1.67. The zero-order valence-corrected chi connectivity index (χ0v) is 18.3. The Kier molecular flexibility index (Phi) is 6.44. The summed E-state index contributed by atoms with van der Waals surface area (Å²) >= 11 is 0. The Balaban J connectivity index is 1.28. The molecule has 1 aliphatic heterocycles. The highest BCUT2D eigenvalue weighted by Gasteiger charge is 2.19. The van der Waals surface area contributed by atoms with Gasteiger partial charge in [0, 0.05) is 30.9 Å². The van der Waals surface area contributed by atoms with Crippen molar-refractivity contribution in [1.82, 2.24) is 30.4 Å². The number of likely N-dealkylation sites (tertiary alicyclic amines) is 1. The number of hydrogen-bond donors (Lipinski definition) is 2. The van der Waals surface area contributed by atoms with Gasteiger partial charge in [0.15, 0.2) is 5.82 Å². The van der Waals surface area contributed by atoms with Crippen LogP contribution in [-0.2, 0) is 11.3 Å². The minimum atomic E-state index is -0.122. The molecule has 1 fully saturated rings. The van der Waals surface area contributed by atoms with Crippen molar-refractivity contribution in [2.24, 2.45) is 0 Å². The molecule has 0 spiro atoms. The molecule has 0 unspecified atom stereocenters. The molecule has 0 radical (unpaired) electrons. The Hall–Kier alpha value is -3.75. The lowest BCUT2D eigenvalue weighted by Crippen LogP contribution is -2.29. The highest BCUT2D eigenvalue weighted by molar-refractivity contribution is 5.94. The molecule has 166 valence electrons. The van der Waals surface area contributed by atoms with E-state index in [4.69, 9.17) is 0 Å². The number of aromatic nitrogens is 4. The van der Waals surface area contributed by atoms with Gasteiger partial charge in [-0.25, -0.2) is 0 Å². The minimum Gasteiger partial charge on any atom is -0.376 e. The molecule has 9 nitrogen and oxygen atoms in total. The number of carbonyl (C=O) groups excluding carboxylic acids is 2. The van der Waals surface area contributed by atoms with Crippen LogP contribution in [0.2, 0.25) is 0 Å². The smallest absolute Gasteiger partial charge is 0.253 e. The second kappa shape index (κ2) is 9.59. The molecule has 0 atom stereocenters. The van der Waals surface area contributed by atoms with E-state index in [9.17, 15) is 9.59 Å². The third-order valence-corrected chi connectivity index (χ3v) is 5.60. The number of nitrogens with one attached hydrogen (secondary N) is 2. The molecule has 0 bridgehead atoms. The molecule has 2 amide bonds. The van der Waals surface area contributed by atoms with Gasteiger partial charge < -0.3 is 15.5 Å². The molecular weight excluding hydrogens is 406 g/mol. The number of carbonyl (C=O) groups is 2. The average Bonchev–Trinajstić information content (AvgIpc) is 3.49. The predicted octanol–water partition coefficient (Wildman–Crippen LogP) is 2.24. The van der Waals surface area contributed by atoms with Crippen LogP contribution in [0.25, 0.3) is 5.69 Å². The predicted molar refractivity (Wildman–Crippen MR) is 121 cm³/mol. The molecule has 9 heteroatoms. The number of aryl methyl sites for hydroxylation is 2. The van der Waals surface area contributed by atoms with Gasteiger partial charge in [-0.3, -0.25) is 9.59 Å². The highest BCUT2D eigenvalue weighted by Crippen LogP contribution is 2.19. The van der Waals surface area contributed by atoms with Gasteiger partial charge in [0.2, 0.25) is 5.91 Å². The lowest BCUT2D eigenvalue weighted by Gasteiger charge is -2.15. The van der Waals surface area contributed by atoms with Crippen LogP contribution in [0.1, 0.15) is 40.2 Å². The summed E-state index contributed by atoms with van der Waals surface area (Å²) in [6.07, 6.45) is 2.15. The summed E-state index contributed by atoms with van der Waals surface area (Å²) in [7, 11) is 0. The monoisotopic (exact) mass is 433 g/mol. The molecule has 4 rings (SSSR count). The molecule has 2 N–H and O–H groups in total. The van der Waals surface area contributed by atoms with Gasteiger partial charge >= 0.3 is 0 Å². The molecule has 2 aromatic carbocycles. The van der Waals surface area contributed by atoms with Gasteiger partial charge in [-0.2, -0.15) is 4.68 Å². The molecule has 1 aliphatic rings. The maximum absolute atomic E-state index is 12.4. The number of hydrogen-bond acceptors (Lipinski definition) is 6. The van der Waals surface area contributed by atoms with E-state index >= 15 is 0 Å². The number of amides is 2. The van der Waals surface area contributed by atoms with Crippen molar-refractivity contribution in [3.05, 3.63) is 65.0 Å². The van der Waals surface area contributed by atoms with Gasteiger partial charge in [0.25, 0.3) is 5.91 Å². The number of rotatable bonds is 7. The molecule has 1 aromatic heterocycles. The van der Waals surface area contributed by atoms with Crippen LogP contribution in [0.4, 0.5) is 5.69 Å². The number of benzene rings is 2. The fourth-order valence-electron chi connectivity index (χ4n) is 3.72.